The standard InChI is InChI=1S/C9H18O.C8H14O2S.C8H16O.C7H15NO2S.C7H15NO.C7H14O3S.2C7H14O.C6H13NO2S.C6H12O2S.2C6H12O2.C6H12O.C4H8F2O2S/c1-8(2)9(10)6-4-3-5-7-9;1-7(2)11(9,10)8-5-3-4-6-8;1-7(2)8(9)5-3-4-6-8;1-7(2)11(9,10)8-5-3-4-6-8;1-7(2)8-3-5-9-6-4-8;1-6(2)11(8,9)7-3-4-10-5-7;1-6(2)7(8)4-3-5-7;1-5(2)7(8)6-3-4-6;1-5(2)10(8,9)7-6-3-4-6;1-5(2)9(7,8)6-3-4-6;1-5(2)8-6-3-7-4-6;1-5(2)6(7)3-8-4-6;1-5(2)6-3-7-4-6;1-3(2)9(7,8)4(5)6/h8,10H,3-7H2,1-2H3;5,7H,3-4,6H2,1-2H3;7,9H,3-6H2,1-2H3;7H,3-6H2,1-2H3;7H,3-6H2,1-2H3;6-7H,3-5H2,1-2H3;6,8H,3-5H2,1-2H3;5-8H,3-4H2,1-2H3;5-7H,3-4H2,1-2H3;5-6H,3-4H2,1-2H3;5-6H,3-4H2,1-2H3;5,7H,3-4H2,1-2H3;5-6H,3-4H2,1-2H3;3-4H,1-2H3. The number of hydrogen-bond acceptors (Lipinski definition) is 24. The van der Waals surface area contributed by atoms with Crippen LogP contribution in [0.15, 0.2) is 11.0 Å². The average Bonchev–Trinajstić information content (AvgIpc) is 1.51. The van der Waals surface area contributed by atoms with E-state index in [9.17, 15) is 84.8 Å². The summed E-state index contributed by atoms with van der Waals surface area (Å²) >= 11 is 0. The molecule has 6 heterocycles. The molecule has 128 heavy (non-hydrogen) atoms. The Kier molecular flexibility index (Phi) is 60.0. The van der Waals surface area contributed by atoms with Gasteiger partial charge in [-0.25, -0.2) is 59.5 Å². The van der Waals surface area contributed by atoms with Crippen molar-refractivity contribution in [1.29, 1.82) is 0 Å². The molecule has 7 aliphatic carbocycles. The Labute approximate surface area is 780 Å². The Balaban J connectivity index is 0.00000136. The van der Waals surface area contributed by atoms with E-state index in [0.29, 0.717) is 91.5 Å². The Hall–Kier alpha value is -1.26. The minimum absolute atomic E-state index is 0.0116. The quantitative estimate of drug-likeness (QED) is 0.0553. The average molecular weight is 1960 g/mol. The van der Waals surface area contributed by atoms with Crippen LogP contribution in [-0.4, -0.2) is 278 Å². The summed E-state index contributed by atoms with van der Waals surface area (Å²) in [7, 11) is -18.6. The zero-order valence-electron chi connectivity index (χ0n) is 84.8. The first-order valence-electron chi connectivity index (χ1n) is 48.6. The molecular formula is C94H189F2N3O23S6. The van der Waals surface area contributed by atoms with E-state index < -0.39 is 76.0 Å². The lowest BCUT2D eigenvalue weighted by Crippen LogP contribution is -2.53. The van der Waals surface area contributed by atoms with Gasteiger partial charge in [-0.3, -0.25) is 4.90 Å². The Morgan fingerprint density at radius 1 is 0.422 bits per heavy atom. The zero-order valence-corrected chi connectivity index (χ0v) is 89.7. The Morgan fingerprint density at radius 3 is 1.05 bits per heavy atom. The van der Waals surface area contributed by atoms with Crippen molar-refractivity contribution in [2.45, 2.75) is 449 Å². The number of hydrogen-bond donors (Lipinski definition) is 6. The van der Waals surface area contributed by atoms with Gasteiger partial charge in [0, 0.05) is 55.7 Å². The first kappa shape index (κ1) is 127. The van der Waals surface area contributed by atoms with E-state index in [4.69, 9.17) is 28.4 Å². The largest absolute Gasteiger partial charge is 0.393 e. The summed E-state index contributed by atoms with van der Waals surface area (Å²) in [6.45, 7) is 64.5. The van der Waals surface area contributed by atoms with Crippen molar-refractivity contribution in [3.8, 4) is 0 Å². The summed E-state index contributed by atoms with van der Waals surface area (Å²) in [5.41, 5.74) is -1.40. The van der Waals surface area contributed by atoms with E-state index in [1.807, 2.05) is 33.8 Å². The second kappa shape index (κ2) is 60.6. The van der Waals surface area contributed by atoms with Gasteiger partial charge in [0.05, 0.1) is 130 Å². The summed E-state index contributed by atoms with van der Waals surface area (Å²) in [5.74, 6) is 1.23. The molecule has 0 aromatic rings. The maximum absolute atomic E-state index is 11.5. The topological polar surface area (TPSA) is 380 Å². The van der Waals surface area contributed by atoms with Crippen LogP contribution in [0.1, 0.15) is 348 Å². The molecule has 6 saturated carbocycles. The number of nitrogens with one attached hydrogen (secondary N) is 1. The van der Waals surface area contributed by atoms with Crippen molar-refractivity contribution in [3.63, 3.8) is 0 Å². The van der Waals surface area contributed by atoms with Gasteiger partial charge in [-0.05, 0) is 274 Å². The van der Waals surface area contributed by atoms with Gasteiger partial charge in [0.25, 0.3) is 0 Å². The number of sulfone groups is 4. The fourth-order valence-electron chi connectivity index (χ4n) is 13.6. The lowest BCUT2D eigenvalue weighted by atomic mass is 9.73. The molecule has 13 rings (SSSR count). The lowest BCUT2D eigenvalue weighted by molar-refractivity contribution is -0.200. The molecule has 13 aliphatic rings. The van der Waals surface area contributed by atoms with Crippen LogP contribution in [0.4, 0.5) is 8.78 Å². The molecule has 0 radical (unpaired) electrons. The molecule has 0 aromatic carbocycles. The number of ether oxygens (including phenoxy) is 6. The molecule has 6 saturated heterocycles. The van der Waals surface area contributed by atoms with Crippen LogP contribution in [-0.2, 0) is 87.8 Å². The number of allylic oxidation sites excluding steroid dienone is 2. The minimum atomic E-state index is -4.15. The summed E-state index contributed by atoms with van der Waals surface area (Å²) < 4.78 is 191. The highest BCUT2D eigenvalue weighted by atomic mass is 32.2. The molecule has 6 N–H and O–H groups in total. The lowest BCUT2D eigenvalue weighted by Gasteiger charge is -2.40. The smallest absolute Gasteiger partial charge is 0.336 e. The molecule has 12 fully saturated rings. The van der Waals surface area contributed by atoms with Gasteiger partial charge in [-0.1, -0.05) is 121 Å². The van der Waals surface area contributed by atoms with Crippen molar-refractivity contribution >= 4 is 59.4 Å². The van der Waals surface area contributed by atoms with E-state index in [-0.39, 0.29) is 65.7 Å². The monoisotopic (exact) mass is 1960 g/mol. The third-order valence-corrected chi connectivity index (χ3v) is 39.4. The van der Waals surface area contributed by atoms with E-state index in [1.54, 1.807) is 73.5 Å². The van der Waals surface area contributed by atoms with Gasteiger partial charge in [-0.2, -0.15) is 8.78 Å². The molecular weight excluding hydrogens is 1770 g/mol. The van der Waals surface area contributed by atoms with Crippen LogP contribution in [0.3, 0.4) is 0 Å². The van der Waals surface area contributed by atoms with Crippen LogP contribution in [0.25, 0.3) is 0 Å². The van der Waals surface area contributed by atoms with Crippen molar-refractivity contribution < 1.29 is 113 Å². The Bertz CT molecular complexity index is 3540. The zero-order chi connectivity index (χ0) is 99.0. The molecule has 0 bridgehead atoms. The molecule has 26 nitrogen and oxygen atoms in total. The maximum Gasteiger partial charge on any atom is 0.336 e. The van der Waals surface area contributed by atoms with Crippen LogP contribution in [0.2, 0.25) is 0 Å². The second-order valence-electron chi connectivity index (χ2n) is 41.0. The van der Waals surface area contributed by atoms with Gasteiger partial charge in [0.15, 0.2) is 29.5 Å². The normalized spacial score (nSPS) is 22.3. The predicted octanol–water partition coefficient (Wildman–Crippen LogP) is 16.3. The summed E-state index contributed by atoms with van der Waals surface area (Å²) in [6, 6.07) is 0.932. The fraction of sp³-hybridized carbons (Fsp3) is 0.979. The van der Waals surface area contributed by atoms with Crippen molar-refractivity contribution in [2.24, 2.45) is 47.3 Å². The maximum atomic E-state index is 11.5. The van der Waals surface area contributed by atoms with Gasteiger partial charge in [0.1, 0.15) is 11.7 Å². The third-order valence-electron chi connectivity index (χ3n) is 25.7. The van der Waals surface area contributed by atoms with Crippen LogP contribution < -0.4 is 4.72 Å². The second-order valence-corrected chi connectivity index (χ2v) is 56.4. The van der Waals surface area contributed by atoms with Crippen molar-refractivity contribution in [1.82, 2.24) is 13.9 Å². The van der Waals surface area contributed by atoms with E-state index >= 15 is 0 Å². The number of rotatable bonds is 23. The number of alkyl halides is 2. The minimum Gasteiger partial charge on any atom is -0.393 e. The Morgan fingerprint density at radius 2 is 0.852 bits per heavy atom. The molecule has 34 heteroatoms. The number of sulfonamides is 2. The highest BCUT2D eigenvalue weighted by molar-refractivity contribution is 7.95. The number of aliphatic hydroxyl groups excluding tert-OH is 1. The number of nitrogens with zero attached hydrogens (tertiary/aromatic N) is 2. The molecule has 0 spiro atoms. The highest BCUT2D eigenvalue weighted by Gasteiger charge is 2.42. The number of aliphatic hydroxyl groups is 5. The molecule has 768 valence electrons. The van der Waals surface area contributed by atoms with Crippen molar-refractivity contribution in [2.75, 3.05) is 92.2 Å². The predicted molar refractivity (Wildman–Crippen MR) is 518 cm³/mol. The molecule has 0 amide bonds. The summed E-state index contributed by atoms with van der Waals surface area (Å²) in [6.07, 6.45) is 27.8. The van der Waals surface area contributed by atoms with Gasteiger partial charge in [0.2, 0.25) is 29.9 Å². The SMILES string of the molecule is CC(C)C(O)C1CC1.CC(C)C1(O)CCC1.CC(C)C1(O)CCCC1.CC(C)C1(O)CCCCC1.CC(C)C1(O)COC1.CC(C)C1COC1.CC(C)N1CCOCC1.CC(C)OC1COC1.CC(C)S(=O)(=O)C(F)F.CC(C)S(=O)(=O)C1=CCCC1.CC(C)S(=O)(=O)C1CC1.CC(C)S(=O)(=O)C1CCOC1.CC(C)S(=O)(=O)N1CCCC1.CC(C)S(=O)(=O)NC1CC1. The molecule has 2 atom stereocenters. The van der Waals surface area contributed by atoms with Gasteiger partial charge < -0.3 is 54.0 Å². The van der Waals surface area contributed by atoms with Crippen molar-refractivity contribution in [3.05, 3.63) is 11.0 Å². The highest BCUT2D eigenvalue weighted by Crippen LogP contribution is 2.39. The summed E-state index contributed by atoms with van der Waals surface area (Å²) in [4.78, 5) is 3.09. The first-order valence-corrected chi connectivity index (χ1v) is 58.0. The van der Waals surface area contributed by atoms with E-state index in [2.05, 4.69) is 92.7 Å². The van der Waals surface area contributed by atoms with Crippen LogP contribution >= 0.6 is 0 Å². The summed E-state index contributed by atoms with van der Waals surface area (Å²) in [5, 5.41) is 45.3. The molecule has 0 aromatic heterocycles. The van der Waals surface area contributed by atoms with Gasteiger partial charge >= 0.3 is 5.76 Å². The first-order chi connectivity index (χ1) is 58.8. The van der Waals surface area contributed by atoms with E-state index in [1.165, 1.54) is 65.2 Å². The number of halogens is 2. The molecule has 6 aliphatic heterocycles. The van der Waals surface area contributed by atoms with Crippen LogP contribution in [0, 0.1) is 47.3 Å². The third kappa shape index (κ3) is 48.4. The van der Waals surface area contributed by atoms with E-state index in [0.717, 1.165) is 174 Å². The van der Waals surface area contributed by atoms with Gasteiger partial charge in [-0.15, -0.1) is 0 Å². The number of morpholine rings is 1. The molecule has 2 unspecified atom stereocenters. The van der Waals surface area contributed by atoms with Crippen LogP contribution in [0.5, 0.6) is 0 Å². The fourth-order valence-corrected chi connectivity index (χ4v) is 20.8.